The van der Waals surface area contributed by atoms with E-state index in [4.69, 9.17) is 11.6 Å². The van der Waals surface area contributed by atoms with E-state index in [0.717, 1.165) is 38.6 Å². The van der Waals surface area contributed by atoms with Crippen LogP contribution in [0.1, 0.15) is 18.3 Å². The van der Waals surface area contributed by atoms with Crippen molar-refractivity contribution in [2.75, 3.05) is 5.32 Å². The van der Waals surface area contributed by atoms with E-state index < -0.39 is 0 Å². The van der Waals surface area contributed by atoms with Crippen LogP contribution >= 0.6 is 34.2 Å². The van der Waals surface area contributed by atoms with E-state index in [-0.39, 0.29) is 0 Å². The molecule has 0 aliphatic heterocycles. The Labute approximate surface area is 126 Å². The molecule has 96 valence electrons. The molecule has 0 saturated carbocycles. The number of halogens is 2. The van der Waals surface area contributed by atoms with Crippen molar-refractivity contribution in [1.29, 1.82) is 0 Å². The highest BCUT2D eigenvalue weighted by Crippen LogP contribution is 2.24. The van der Waals surface area contributed by atoms with Gasteiger partial charge in [-0.15, -0.1) is 0 Å². The highest BCUT2D eigenvalue weighted by Gasteiger charge is 2.05. The first-order valence-corrected chi connectivity index (χ1v) is 7.26. The fraction of sp³-hybridized carbons (Fsp3) is 0.308. The molecule has 2 aromatic rings. The maximum absolute atomic E-state index is 6.18. The van der Waals surface area contributed by atoms with Gasteiger partial charge in [0.2, 0.25) is 0 Å². The summed E-state index contributed by atoms with van der Waals surface area (Å²) in [6.45, 7) is 2.83. The number of nitrogens with zero attached hydrogens (tertiary/aromatic N) is 2. The van der Waals surface area contributed by atoms with Crippen molar-refractivity contribution in [3.05, 3.63) is 44.2 Å². The highest BCUT2D eigenvalue weighted by molar-refractivity contribution is 14.1. The van der Waals surface area contributed by atoms with Crippen LogP contribution in [0, 0.1) is 3.57 Å². The van der Waals surface area contributed by atoms with Crippen LogP contribution in [0.3, 0.4) is 0 Å². The van der Waals surface area contributed by atoms with Crippen molar-refractivity contribution in [3.8, 4) is 0 Å². The molecule has 0 aliphatic rings. The molecule has 0 unspecified atom stereocenters. The van der Waals surface area contributed by atoms with Gasteiger partial charge in [-0.25, -0.2) is 0 Å². The molecule has 18 heavy (non-hydrogen) atoms. The predicted molar refractivity (Wildman–Crippen MR) is 84.1 cm³/mol. The summed E-state index contributed by atoms with van der Waals surface area (Å²) in [6, 6.07) is 8.11. The van der Waals surface area contributed by atoms with E-state index in [0.29, 0.717) is 0 Å². The van der Waals surface area contributed by atoms with Crippen LogP contribution in [0.2, 0.25) is 5.02 Å². The Kier molecular flexibility index (Phi) is 4.50. The smallest absolute Gasteiger partial charge is 0.0648 e. The number of aromatic nitrogens is 2. The number of aryl methyl sites for hydroxylation is 2. The molecule has 0 aliphatic carbocycles. The van der Waals surface area contributed by atoms with E-state index >= 15 is 0 Å². The molecule has 2 rings (SSSR count). The Morgan fingerprint density at radius 3 is 2.78 bits per heavy atom. The molecule has 0 fully saturated rings. The lowest BCUT2D eigenvalue weighted by Crippen LogP contribution is -2.05. The maximum Gasteiger partial charge on any atom is 0.0648 e. The molecule has 0 bridgehead atoms. The number of benzene rings is 1. The topological polar surface area (TPSA) is 29.9 Å². The third-order valence-corrected chi connectivity index (χ3v) is 3.76. The van der Waals surface area contributed by atoms with Gasteiger partial charge >= 0.3 is 0 Å². The minimum absolute atomic E-state index is 0.726. The quantitative estimate of drug-likeness (QED) is 0.823. The summed E-state index contributed by atoms with van der Waals surface area (Å²) < 4.78 is 3.05. The molecule has 1 aromatic carbocycles. The van der Waals surface area contributed by atoms with Gasteiger partial charge in [0.05, 0.1) is 28.6 Å². The monoisotopic (exact) mass is 375 g/mol. The Balaban J connectivity index is 2.08. The van der Waals surface area contributed by atoms with Gasteiger partial charge in [0, 0.05) is 10.6 Å². The fourth-order valence-electron chi connectivity index (χ4n) is 1.73. The van der Waals surface area contributed by atoms with Crippen molar-refractivity contribution in [2.45, 2.75) is 19.9 Å². The molecule has 0 spiro atoms. The minimum atomic E-state index is 0.726. The first kappa shape index (κ1) is 13.7. The van der Waals surface area contributed by atoms with E-state index in [9.17, 15) is 0 Å². The second-order valence-electron chi connectivity index (χ2n) is 4.08. The second-order valence-corrected chi connectivity index (χ2v) is 5.73. The summed E-state index contributed by atoms with van der Waals surface area (Å²) in [5.74, 6) is 0. The largest absolute Gasteiger partial charge is 0.378 e. The molecular formula is C13H15ClIN3. The van der Waals surface area contributed by atoms with Gasteiger partial charge in [-0.3, -0.25) is 4.68 Å². The van der Waals surface area contributed by atoms with Crippen LogP contribution in [-0.4, -0.2) is 9.78 Å². The summed E-state index contributed by atoms with van der Waals surface area (Å²) in [7, 11) is 1.96. The Bertz CT molecular complexity index is 551. The summed E-state index contributed by atoms with van der Waals surface area (Å²) in [6.07, 6.45) is 0.956. The average molecular weight is 376 g/mol. The van der Waals surface area contributed by atoms with Crippen molar-refractivity contribution >= 4 is 39.9 Å². The van der Waals surface area contributed by atoms with E-state index in [1.54, 1.807) is 0 Å². The molecular weight excluding hydrogens is 361 g/mol. The summed E-state index contributed by atoms with van der Waals surface area (Å²) in [5, 5.41) is 8.51. The Morgan fingerprint density at radius 2 is 2.17 bits per heavy atom. The van der Waals surface area contributed by atoms with Gasteiger partial charge in [-0.2, -0.15) is 5.10 Å². The maximum atomic E-state index is 6.18. The molecule has 1 N–H and O–H groups in total. The number of rotatable bonds is 4. The van der Waals surface area contributed by atoms with Crippen molar-refractivity contribution in [1.82, 2.24) is 9.78 Å². The SMILES string of the molecule is CCc1cc(CNc2ccc(I)cc2Cl)n(C)n1. The normalized spacial score (nSPS) is 10.7. The van der Waals surface area contributed by atoms with Gasteiger partial charge < -0.3 is 5.32 Å². The van der Waals surface area contributed by atoms with Gasteiger partial charge in [0.15, 0.2) is 0 Å². The third-order valence-electron chi connectivity index (χ3n) is 2.78. The van der Waals surface area contributed by atoms with Gasteiger partial charge in [-0.1, -0.05) is 18.5 Å². The van der Waals surface area contributed by atoms with Crippen LogP contribution in [0.25, 0.3) is 0 Å². The Hall–Kier alpha value is -0.750. The van der Waals surface area contributed by atoms with Crippen LogP contribution in [0.4, 0.5) is 5.69 Å². The first-order valence-electron chi connectivity index (χ1n) is 5.81. The summed E-state index contributed by atoms with van der Waals surface area (Å²) >= 11 is 8.43. The fourth-order valence-corrected chi connectivity index (χ4v) is 2.65. The molecule has 3 nitrogen and oxygen atoms in total. The molecule has 0 atom stereocenters. The molecule has 5 heteroatoms. The molecule has 0 radical (unpaired) electrons. The number of hydrogen-bond donors (Lipinski definition) is 1. The Morgan fingerprint density at radius 1 is 1.39 bits per heavy atom. The molecule has 0 saturated heterocycles. The molecule has 1 heterocycles. The van der Waals surface area contributed by atoms with E-state index in [2.05, 4.69) is 46.0 Å². The van der Waals surface area contributed by atoms with Crippen LogP contribution in [-0.2, 0) is 20.0 Å². The van der Waals surface area contributed by atoms with Crippen LogP contribution in [0.15, 0.2) is 24.3 Å². The first-order chi connectivity index (χ1) is 8.60. The zero-order valence-electron chi connectivity index (χ0n) is 10.4. The predicted octanol–water partition coefficient (Wildman–Crippen LogP) is 3.85. The van der Waals surface area contributed by atoms with Gasteiger partial charge in [0.25, 0.3) is 0 Å². The van der Waals surface area contributed by atoms with Crippen molar-refractivity contribution in [3.63, 3.8) is 0 Å². The minimum Gasteiger partial charge on any atom is -0.378 e. The summed E-state index contributed by atoms with van der Waals surface area (Å²) in [5.41, 5.74) is 3.22. The lowest BCUT2D eigenvalue weighted by atomic mass is 10.3. The molecule has 1 aromatic heterocycles. The van der Waals surface area contributed by atoms with Gasteiger partial charge in [0.1, 0.15) is 0 Å². The zero-order chi connectivity index (χ0) is 13.1. The molecule has 0 amide bonds. The third kappa shape index (κ3) is 3.17. The zero-order valence-corrected chi connectivity index (χ0v) is 13.3. The lowest BCUT2D eigenvalue weighted by molar-refractivity contribution is 0.707. The van der Waals surface area contributed by atoms with Crippen LogP contribution in [0.5, 0.6) is 0 Å². The highest BCUT2D eigenvalue weighted by atomic mass is 127. The summed E-state index contributed by atoms with van der Waals surface area (Å²) in [4.78, 5) is 0. The van der Waals surface area contributed by atoms with E-state index in [1.165, 1.54) is 0 Å². The average Bonchev–Trinajstić information content (AvgIpc) is 2.69. The lowest BCUT2D eigenvalue weighted by Gasteiger charge is -2.08. The van der Waals surface area contributed by atoms with E-state index in [1.807, 2.05) is 29.9 Å². The van der Waals surface area contributed by atoms with Gasteiger partial charge in [-0.05, 0) is 53.3 Å². The van der Waals surface area contributed by atoms with Crippen molar-refractivity contribution < 1.29 is 0 Å². The van der Waals surface area contributed by atoms with Crippen molar-refractivity contribution in [2.24, 2.45) is 7.05 Å². The second kappa shape index (κ2) is 5.93. The van der Waals surface area contributed by atoms with Crippen LogP contribution < -0.4 is 5.32 Å². The number of nitrogens with one attached hydrogen (secondary N) is 1. The standard InChI is InChI=1S/C13H15ClIN3/c1-3-10-7-11(18(2)17-10)8-16-13-5-4-9(15)6-12(13)14/h4-7,16H,3,8H2,1-2H3. The number of anilines is 1. The number of hydrogen-bond acceptors (Lipinski definition) is 2.